The van der Waals surface area contributed by atoms with Crippen LogP contribution < -0.4 is 33.8 Å². The van der Waals surface area contributed by atoms with Crippen LogP contribution in [0.2, 0.25) is 0 Å². The molecule has 0 amide bonds. The Hall–Kier alpha value is -3.57. The summed E-state index contributed by atoms with van der Waals surface area (Å²) in [6, 6.07) is 8.20. The molecule has 2 aromatic carbocycles. The van der Waals surface area contributed by atoms with Crippen LogP contribution in [0.25, 0.3) is 6.08 Å². The first-order valence-electron chi connectivity index (χ1n) is 12.8. The van der Waals surface area contributed by atoms with Gasteiger partial charge in [0.1, 0.15) is 0 Å². The van der Waals surface area contributed by atoms with Crippen LogP contribution >= 0.6 is 27.3 Å². The molecule has 0 saturated carbocycles. The Kier molecular flexibility index (Phi) is 9.36. The lowest BCUT2D eigenvalue weighted by molar-refractivity contribution is -0.139. The zero-order chi connectivity index (χ0) is 29.0. The molecule has 3 aromatic rings. The first kappa shape index (κ1) is 29.4. The van der Waals surface area contributed by atoms with E-state index in [2.05, 4.69) is 20.9 Å². The second-order valence-corrected chi connectivity index (χ2v) is 10.5. The molecule has 0 aliphatic carbocycles. The van der Waals surface area contributed by atoms with E-state index in [1.54, 1.807) is 52.3 Å². The van der Waals surface area contributed by atoms with Gasteiger partial charge in [-0.3, -0.25) is 9.36 Å². The van der Waals surface area contributed by atoms with Crippen molar-refractivity contribution in [1.82, 2.24) is 4.57 Å². The van der Waals surface area contributed by atoms with Gasteiger partial charge >= 0.3 is 5.97 Å². The van der Waals surface area contributed by atoms with E-state index in [9.17, 15) is 9.59 Å². The third kappa shape index (κ3) is 5.66. The lowest BCUT2D eigenvalue weighted by atomic mass is 9.95. The standard InChI is InChI=1S/C29H31BrN2O7S/c1-7-37-22-12-17(10-11-20(22)35-5)13-24-27(33)32-26(18-14-21(36-6)23(38-8-2)15-19(18)30)25(28(34)39-9-3)16(4)31-29(32)40-24/h10-15,26H,7-9H2,1-6H3/b24-13+/t26-/m1/s1. The molecule has 0 N–H and O–H groups in total. The van der Waals surface area contributed by atoms with Crippen molar-refractivity contribution < 1.29 is 28.5 Å². The molecule has 11 heteroatoms. The normalized spacial score (nSPS) is 14.9. The van der Waals surface area contributed by atoms with E-state index in [0.717, 1.165) is 5.56 Å². The molecule has 2 heterocycles. The van der Waals surface area contributed by atoms with Crippen molar-refractivity contribution in [3.63, 3.8) is 0 Å². The van der Waals surface area contributed by atoms with Gasteiger partial charge in [0.2, 0.25) is 0 Å². The number of ether oxygens (including phenoxy) is 5. The summed E-state index contributed by atoms with van der Waals surface area (Å²) >= 11 is 4.88. The zero-order valence-electron chi connectivity index (χ0n) is 23.2. The lowest BCUT2D eigenvalue weighted by Gasteiger charge is -2.26. The van der Waals surface area contributed by atoms with Gasteiger partial charge in [0.15, 0.2) is 27.8 Å². The molecule has 0 saturated heterocycles. The van der Waals surface area contributed by atoms with Crippen LogP contribution in [0.15, 0.2) is 55.9 Å². The van der Waals surface area contributed by atoms with Crippen LogP contribution in [-0.2, 0) is 9.53 Å². The van der Waals surface area contributed by atoms with Crippen LogP contribution in [0.4, 0.5) is 0 Å². The van der Waals surface area contributed by atoms with Crippen molar-refractivity contribution in [3.8, 4) is 23.0 Å². The average molecular weight is 632 g/mol. The molecule has 4 rings (SSSR count). The molecular weight excluding hydrogens is 600 g/mol. The number of methoxy groups -OCH3 is 2. The SMILES string of the molecule is CCOC(=O)C1=C(C)N=c2s/c(=C/c3ccc(OC)c(OCC)c3)c(=O)n2[C@@H]1c1cc(OC)c(OCC)cc1Br. The predicted octanol–water partition coefficient (Wildman–Crippen LogP) is 4.38. The van der Waals surface area contributed by atoms with Gasteiger partial charge < -0.3 is 23.7 Å². The molecule has 0 fully saturated rings. The minimum Gasteiger partial charge on any atom is -0.493 e. The minimum absolute atomic E-state index is 0.181. The monoisotopic (exact) mass is 630 g/mol. The van der Waals surface area contributed by atoms with Gasteiger partial charge in [0.05, 0.1) is 55.9 Å². The van der Waals surface area contributed by atoms with E-state index in [1.807, 2.05) is 26.0 Å². The maximum absolute atomic E-state index is 14.0. The van der Waals surface area contributed by atoms with Crippen molar-refractivity contribution in [2.75, 3.05) is 34.0 Å². The Morgan fingerprint density at radius 1 is 1.00 bits per heavy atom. The van der Waals surface area contributed by atoms with Crippen molar-refractivity contribution in [2.45, 2.75) is 33.7 Å². The fourth-order valence-corrected chi connectivity index (χ4v) is 6.06. The summed E-state index contributed by atoms with van der Waals surface area (Å²) in [6.07, 6.45) is 1.78. The Labute approximate surface area is 244 Å². The molecule has 1 aromatic heterocycles. The number of hydrogen-bond acceptors (Lipinski definition) is 9. The molecule has 1 aliphatic rings. The van der Waals surface area contributed by atoms with Crippen LogP contribution in [0, 0.1) is 0 Å². The Balaban J connectivity index is 1.96. The summed E-state index contributed by atoms with van der Waals surface area (Å²) < 4.78 is 30.4. The van der Waals surface area contributed by atoms with Crippen molar-refractivity contribution in [2.24, 2.45) is 4.99 Å². The van der Waals surface area contributed by atoms with Crippen LogP contribution in [0.5, 0.6) is 23.0 Å². The molecule has 1 atom stereocenters. The first-order valence-corrected chi connectivity index (χ1v) is 14.4. The van der Waals surface area contributed by atoms with Gasteiger partial charge in [0, 0.05) is 4.47 Å². The number of allylic oxidation sites excluding steroid dienone is 1. The number of fused-ring (bicyclic) bond motifs is 1. The molecule has 9 nitrogen and oxygen atoms in total. The second kappa shape index (κ2) is 12.7. The third-order valence-electron chi connectivity index (χ3n) is 6.18. The largest absolute Gasteiger partial charge is 0.493 e. The molecule has 0 bridgehead atoms. The third-order valence-corrected chi connectivity index (χ3v) is 7.85. The number of thiazole rings is 1. The zero-order valence-corrected chi connectivity index (χ0v) is 25.6. The molecule has 0 unspecified atom stereocenters. The van der Waals surface area contributed by atoms with Gasteiger partial charge in [0.25, 0.3) is 5.56 Å². The van der Waals surface area contributed by atoms with Crippen LogP contribution in [0.3, 0.4) is 0 Å². The number of carbonyl (C=O) groups excluding carboxylic acids is 1. The maximum atomic E-state index is 14.0. The fourth-order valence-electron chi connectivity index (χ4n) is 4.48. The highest BCUT2D eigenvalue weighted by Crippen LogP contribution is 2.41. The van der Waals surface area contributed by atoms with Gasteiger partial charge in [-0.1, -0.05) is 33.3 Å². The number of aromatic nitrogens is 1. The highest BCUT2D eigenvalue weighted by atomic mass is 79.9. The molecule has 40 heavy (non-hydrogen) atoms. The number of carbonyl (C=O) groups is 1. The number of benzene rings is 2. The predicted molar refractivity (Wildman–Crippen MR) is 156 cm³/mol. The van der Waals surface area contributed by atoms with E-state index >= 15 is 0 Å². The van der Waals surface area contributed by atoms with Crippen LogP contribution in [-0.4, -0.2) is 44.6 Å². The van der Waals surface area contributed by atoms with Crippen molar-refractivity contribution in [1.29, 1.82) is 0 Å². The Bertz CT molecular complexity index is 1640. The minimum atomic E-state index is -0.814. The first-order chi connectivity index (χ1) is 19.3. The number of nitrogens with zero attached hydrogens (tertiary/aromatic N) is 2. The number of hydrogen-bond donors (Lipinski definition) is 0. The van der Waals surface area contributed by atoms with E-state index in [0.29, 0.717) is 61.3 Å². The summed E-state index contributed by atoms with van der Waals surface area (Å²) in [6.45, 7) is 8.35. The molecule has 0 radical (unpaired) electrons. The number of rotatable bonds is 10. The summed E-state index contributed by atoms with van der Waals surface area (Å²) in [7, 11) is 3.12. The lowest BCUT2D eigenvalue weighted by Crippen LogP contribution is -2.40. The van der Waals surface area contributed by atoms with Gasteiger partial charge in [-0.25, -0.2) is 9.79 Å². The number of esters is 1. The highest BCUT2D eigenvalue weighted by molar-refractivity contribution is 9.10. The summed E-state index contributed by atoms with van der Waals surface area (Å²) in [5, 5.41) is 0. The number of halogens is 1. The van der Waals surface area contributed by atoms with E-state index in [4.69, 9.17) is 23.7 Å². The maximum Gasteiger partial charge on any atom is 0.338 e. The molecule has 0 spiro atoms. The second-order valence-electron chi connectivity index (χ2n) is 8.60. The topological polar surface area (TPSA) is 97.6 Å². The van der Waals surface area contributed by atoms with E-state index in [-0.39, 0.29) is 17.7 Å². The summed E-state index contributed by atoms with van der Waals surface area (Å²) in [5.74, 6) is 1.65. The van der Waals surface area contributed by atoms with Gasteiger partial charge in [-0.2, -0.15) is 0 Å². The fraction of sp³-hybridized carbons (Fsp3) is 0.345. The Morgan fingerprint density at radius 3 is 2.30 bits per heavy atom. The van der Waals surface area contributed by atoms with Gasteiger partial charge in [-0.15, -0.1) is 0 Å². The van der Waals surface area contributed by atoms with E-state index < -0.39 is 12.0 Å². The smallest absolute Gasteiger partial charge is 0.338 e. The molecule has 212 valence electrons. The Morgan fingerprint density at radius 2 is 1.68 bits per heavy atom. The highest BCUT2D eigenvalue weighted by Gasteiger charge is 2.35. The van der Waals surface area contributed by atoms with Gasteiger partial charge in [-0.05, 0) is 69.2 Å². The summed E-state index contributed by atoms with van der Waals surface area (Å²) in [4.78, 5) is 32.3. The van der Waals surface area contributed by atoms with Crippen molar-refractivity contribution in [3.05, 3.63) is 76.9 Å². The van der Waals surface area contributed by atoms with Crippen LogP contribution in [0.1, 0.15) is 44.9 Å². The van der Waals surface area contributed by atoms with E-state index in [1.165, 1.54) is 15.9 Å². The molecule has 1 aliphatic heterocycles. The summed E-state index contributed by atoms with van der Waals surface area (Å²) in [5.41, 5.74) is 1.84. The average Bonchev–Trinajstić information content (AvgIpc) is 3.23. The van der Waals surface area contributed by atoms with Crippen molar-refractivity contribution >= 4 is 39.3 Å². The molecular formula is C29H31BrN2O7S. The quantitative estimate of drug-likeness (QED) is 0.307.